The number of nitrogens with two attached hydrogens (primary N) is 1. The molecule has 0 spiro atoms. The molecule has 0 aliphatic carbocycles. The van der Waals surface area contributed by atoms with Crippen LogP contribution in [0.15, 0.2) is 0 Å². The lowest BCUT2D eigenvalue weighted by atomic mass is 10.4. The van der Waals surface area contributed by atoms with E-state index >= 15 is 0 Å². The van der Waals surface area contributed by atoms with Crippen LogP contribution >= 0.6 is 12.2 Å². The summed E-state index contributed by atoms with van der Waals surface area (Å²) in [6.45, 7) is 0.117. The number of nitrogens with one attached hydrogen (secondary N) is 2. The van der Waals surface area contributed by atoms with Gasteiger partial charge in [0.2, 0.25) is 5.78 Å². The minimum atomic E-state index is -0.175. The molecule has 0 amide bonds. The minimum absolute atomic E-state index is 0.117. The molecule has 0 bridgehead atoms. The third-order valence-electron chi connectivity index (χ3n) is 0.880. The van der Waals surface area contributed by atoms with E-state index in [4.69, 9.17) is 5.84 Å². The molecule has 1 rings (SSSR count). The van der Waals surface area contributed by atoms with Gasteiger partial charge in [-0.05, 0) is 0 Å². The minimum Gasteiger partial charge on any atom is -0.294 e. The summed E-state index contributed by atoms with van der Waals surface area (Å²) >= 11 is 4.58. The Hall–Kier alpha value is -0.560. The van der Waals surface area contributed by atoms with Crippen LogP contribution in [0.1, 0.15) is 0 Å². The molecule has 4 N–H and O–H groups in total. The number of Topliss-reactive ketones (excluding diaryl/α,β-unsaturated/α-hetero) is 1. The smallest absolute Gasteiger partial charge is 0.208 e. The standard InChI is InChI=1S/C3H6N4OS/c4-7-1-2(8)3(9)5-6-7/h6H,1,4H2,(H,5,9). The fourth-order valence-corrected chi connectivity index (χ4v) is 0.569. The summed E-state index contributed by atoms with van der Waals surface area (Å²) in [4.78, 5) is 10.8. The van der Waals surface area contributed by atoms with E-state index in [9.17, 15) is 4.79 Å². The SMILES string of the molecule is NN1CC(=O)C(=S)NN1. The van der Waals surface area contributed by atoms with Gasteiger partial charge < -0.3 is 0 Å². The first-order valence-electron chi connectivity index (χ1n) is 2.31. The monoisotopic (exact) mass is 146 g/mol. The Balaban J connectivity index is 2.54. The van der Waals surface area contributed by atoms with Crippen molar-refractivity contribution in [3.05, 3.63) is 0 Å². The van der Waals surface area contributed by atoms with E-state index in [2.05, 4.69) is 23.2 Å². The maximum atomic E-state index is 10.6. The Labute approximate surface area is 57.1 Å². The van der Waals surface area contributed by atoms with Crippen molar-refractivity contribution >= 4 is 23.0 Å². The van der Waals surface area contributed by atoms with E-state index in [-0.39, 0.29) is 17.3 Å². The predicted molar refractivity (Wildman–Crippen MR) is 34.8 cm³/mol. The van der Waals surface area contributed by atoms with E-state index in [0.29, 0.717) is 0 Å². The second-order valence-electron chi connectivity index (χ2n) is 1.62. The lowest BCUT2D eigenvalue weighted by Gasteiger charge is -2.22. The quantitative estimate of drug-likeness (QED) is 0.273. The van der Waals surface area contributed by atoms with E-state index < -0.39 is 0 Å². The van der Waals surface area contributed by atoms with E-state index in [0.717, 1.165) is 5.12 Å². The van der Waals surface area contributed by atoms with E-state index in [1.165, 1.54) is 0 Å². The Kier molecular flexibility index (Phi) is 1.72. The third-order valence-corrected chi connectivity index (χ3v) is 1.21. The highest BCUT2D eigenvalue weighted by molar-refractivity contribution is 7.82. The first kappa shape index (κ1) is 6.56. The van der Waals surface area contributed by atoms with Crippen molar-refractivity contribution in [2.45, 2.75) is 0 Å². The molecule has 1 aliphatic heterocycles. The Morgan fingerprint density at radius 3 is 2.89 bits per heavy atom. The summed E-state index contributed by atoms with van der Waals surface area (Å²) in [5.41, 5.74) is 4.88. The number of ketones is 1. The summed E-state index contributed by atoms with van der Waals surface area (Å²) in [7, 11) is 0. The van der Waals surface area contributed by atoms with Crippen LogP contribution in [0.4, 0.5) is 0 Å². The van der Waals surface area contributed by atoms with Gasteiger partial charge in [0.25, 0.3) is 0 Å². The van der Waals surface area contributed by atoms with Crippen LogP contribution in [-0.2, 0) is 4.79 Å². The van der Waals surface area contributed by atoms with Crippen molar-refractivity contribution in [1.29, 1.82) is 0 Å². The summed E-state index contributed by atoms with van der Waals surface area (Å²) < 4.78 is 0. The molecule has 0 aromatic heterocycles. The van der Waals surface area contributed by atoms with Crippen molar-refractivity contribution in [2.24, 2.45) is 5.84 Å². The normalized spacial score (nSPS) is 21.9. The molecule has 1 aliphatic rings. The summed E-state index contributed by atoms with van der Waals surface area (Å²) in [5, 5.41) is 1.12. The molecule has 0 aromatic carbocycles. The van der Waals surface area contributed by atoms with Gasteiger partial charge in [0.15, 0.2) is 4.99 Å². The first-order chi connectivity index (χ1) is 4.20. The maximum absolute atomic E-state index is 10.6. The maximum Gasteiger partial charge on any atom is 0.208 e. The van der Waals surface area contributed by atoms with E-state index in [1.807, 2.05) is 0 Å². The van der Waals surface area contributed by atoms with Gasteiger partial charge >= 0.3 is 0 Å². The molecule has 0 unspecified atom stereocenters. The number of hydrazine groups is 3. The Morgan fingerprint density at radius 1 is 1.78 bits per heavy atom. The number of carbonyl (C=O) groups excluding carboxylic acids is 1. The topological polar surface area (TPSA) is 70.4 Å². The predicted octanol–water partition coefficient (Wildman–Crippen LogP) is -1.92. The number of hydrogen-bond donors (Lipinski definition) is 3. The van der Waals surface area contributed by atoms with Crippen molar-refractivity contribution in [3.63, 3.8) is 0 Å². The van der Waals surface area contributed by atoms with E-state index in [1.54, 1.807) is 0 Å². The fourth-order valence-electron chi connectivity index (χ4n) is 0.458. The lowest BCUT2D eigenvalue weighted by molar-refractivity contribution is -0.116. The van der Waals surface area contributed by atoms with Gasteiger partial charge in [0.1, 0.15) is 0 Å². The van der Waals surface area contributed by atoms with Gasteiger partial charge in [0.05, 0.1) is 6.54 Å². The van der Waals surface area contributed by atoms with Gasteiger partial charge in [0, 0.05) is 0 Å². The van der Waals surface area contributed by atoms with Gasteiger partial charge in [-0.3, -0.25) is 16.1 Å². The van der Waals surface area contributed by atoms with Crippen molar-refractivity contribution in [2.75, 3.05) is 6.54 Å². The van der Waals surface area contributed by atoms with Crippen LogP contribution in [0.25, 0.3) is 0 Å². The molecule has 0 atom stereocenters. The second-order valence-corrected chi connectivity index (χ2v) is 2.03. The Morgan fingerprint density at radius 2 is 2.44 bits per heavy atom. The second kappa shape index (κ2) is 2.36. The average Bonchev–Trinajstić information content (AvgIpc) is 1.80. The summed E-state index contributed by atoms with van der Waals surface area (Å²) in [6, 6.07) is 0. The van der Waals surface area contributed by atoms with Gasteiger partial charge in [-0.25, -0.2) is 0 Å². The molecule has 50 valence electrons. The fraction of sp³-hybridized carbons (Fsp3) is 0.333. The number of carbonyl (C=O) groups is 1. The molecule has 1 fully saturated rings. The number of thiocarbonyl (C=S) groups is 1. The molecule has 0 saturated carbocycles. The molecule has 0 aromatic rings. The zero-order chi connectivity index (χ0) is 6.85. The van der Waals surface area contributed by atoms with Crippen molar-refractivity contribution in [3.8, 4) is 0 Å². The molecule has 9 heavy (non-hydrogen) atoms. The van der Waals surface area contributed by atoms with Crippen LogP contribution < -0.4 is 16.8 Å². The zero-order valence-corrected chi connectivity index (χ0v) is 5.36. The van der Waals surface area contributed by atoms with Gasteiger partial charge in [-0.1, -0.05) is 12.2 Å². The highest BCUT2D eigenvalue weighted by Crippen LogP contribution is 1.83. The summed E-state index contributed by atoms with van der Waals surface area (Å²) in [5.74, 6) is 4.99. The van der Waals surface area contributed by atoms with Crippen LogP contribution in [-0.4, -0.2) is 22.4 Å². The molecular formula is C3H6N4OS. The van der Waals surface area contributed by atoms with Crippen LogP contribution in [0.2, 0.25) is 0 Å². The number of nitrogens with zero attached hydrogens (tertiary/aromatic N) is 1. The lowest BCUT2D eigenvalue weighted by Crippen LogP contribution is -2.62. The molecule has 1 saturated heterocycles. The number of hydrogen-bond acceptors (Lipinski definition) is 5. The molecular weight excluding hydrogens is 140 g/mol. The highest BCUT2D eigenvalue weighted by Gasteiger charge is 2.17. The number of rotatable bonds is 0. The average molecular weight is 146 g/mol. The molecule has 1 heterocycles. The molecule has 5 nitrogen and oxygen atoms in total. The van der Waals surface area contributed by atoms with Gasteiger partial charge in [-0.2, -0.15) is 10.7 Å². The third kappa shape index (κ3) is 1.42. The summed E-state index contributed by atoms with van der Waals surface area (Å²) in [6.07, 6.45) is 0. The largest absolute Gasteiger partial charge is 0.294 e. The van der Waals surface area contributed by atoms with Crippen LogP contribution in [0.3, 0.4) is 0 Å². The van der Waals surface area contributed by atoms with Gasteiger partial charge in [-0.15, -0.1) is 0 Å². The molecule has 6 heteroatoms. The van der Waals surface area contributed by atoms with Crippen LogP contribution in [0.5, 0.6) is 0 Å². The van der Waals surface area contributed by atoms with Crippen LogP contribution in [0, 0.1) is 0 Å². The zero-order valence-electron chi connectivity index (χ0n) is 4.55. The van der Waals surface area contributed by atoms with Crippen molar-refractivity contribution in [1.82, 2.24) is 16.1 Å². The van der Waals surface area contributed by atoms with Crippen molar-refractivity contribution < 1.29 is 4.79 Å². The Bertz CT molecular complexity index is 158. The molecule has 0 radical (unpaired) electrons. The highest BCUT2D eigenvalue weighted by atomic mass is 32.1. The first-order valence-corrected chi connectivity index (χ1v) is 2.72.